The number of halogens is 2. The molecule has 0 unspecified atom stereocenters. The zero-order valence-corrected chi connectivity index (χ0v) is 18.1. The molecule has 0 radical (unpaired) electrons. The van der Waals surface area contributed by atoms with Crippen molar-refractivity contribution in [3.05, 3.63) is 63.5 Å². The zero-order chi connectivity index (χ0) is 21.0. The van der Waals surface area contributed by atoms with Crippen LogP contribution in [0.15, 0.2) is 47.2 Å². The third kappa shape index (κ3) is 5.51. The van der Waals surface area contributed by atoms with Gasteiger partial charge < -0.3 is 14.4 Å². The minimum atomic E-state index is -3.69. The molecule has 29 heavy (non-hydrogen) atoms. The molecule has 0 aliphatic carbocycles. The van der Waals surface area contributed by atoms with E-state index in [1.54, 1.807) is 18.7 Å². The number of sulfone groups is 1. The largest absolute Gasteiger partial charge is 0.507 e. The van der Waals surface area contributed by atoms with Crippen molar-refractivity contribution in [1.29, 1.82) is 0 Å². The van der Waals surface area contributed by atoms with Crippen LogP contribution in [-0.2, 0) is 26.9 Å². The Hall–Kier alpha value is -2.07. The average molecular weight is 475 g/mol. The normalized spacial score (nSPS) is 11.5. The highest BCUT2D eigenvalue weighted by Gasteiger charge is 2.21. The van der Waals surface area contributed by atoms with Crippen molar-refractivity contribution in [3.63, 3.8) is 0 Å². The second-order valence-corrected chi connectivity index (χ2v) is 10.4. The number of aryl methyl sites for hydroxylation is 1. The van der Waals surface area contributed by atoms with E-state index in [4.69, 9.17) is 27.9 Å². The predicted octanol–water partition coefficient (Wildman–Crippen LogP) is 4.18. The molecular weight excluding hydrogens is 459 g/mol. The van der Waals surface area contributed by atoms with Crippen LogP contribution in [-0.4, -0.2) is 35.7 Å². The molecule has 0 atom stereocenters. The lowest BCUT2D eigenvalue weighted by Gasteiger charge is -2.08. The number of imidazole rings is 1. The Labute approximate surface area is 181 Å². The van der Waals surface area contributed by atoms with E-state index in [2.05, 4.69) is 4.98 Å². The lowest BCUT2D eigenvalue weighted by molar-refractivity contribution is 0.0492. The van der Waals surface area contributed by atoms with Crippen molar-refractivity contribution in [2.75, 3.05) is 6.61 Å². The second-order valence-electron chi connectivity index (χ2n) is 6.09. The topological polar surface area (TPSA) is 98.5 Å². The fourth-order valence-corrected chi connectivity index (χ4v) is 5.82. The highest BCUT2D eigenvalue weighted by atomic mass is 35.5. The molecular formula is C18H16Cl2N2O5S2. The van der Waals surface area contributed by atoms with Gasteiger partial charge in [0, 0.05) is 18.9 Å². The van der Waals surface area contributed by atoms with Gasteiger partial charge in [-0.05, 0) is 30.2 Å². The van der Waals surface area contributed by atoms with Crippen LogP contribution < -0.4 is 0 Å². The summed E-state index contributed by atoms with van der Waals surface area (Å²) in [6, 6.07) is 5.32. The molecule has 0 saturated carbocycles. The maximum Gasteiger partial charge on any atom is 0.341 e. The summed E-state index contributed by atoms with van der Waals surface area (Å²) in [5.41, 5.74) is 0.288. The molecule has 0 aliphatic heterocycles. The third-order valence-corrected chi connectivity index (χ3v) is 8.04. The molecule has 7 nitrogen and oxygen atoms in total. The van der Waals surface area contributed by atoms with Gasteiger partial charge in [-0.25, -0.2) is 18.2 Å². The molecule has 0 saturated heterocycles. The maximum absolute atomic E-state index is 12.5. The van der Waals surface area contributed by atoms with E-state index in [0.717, 1.165) is 11.3 Å². The number of carbonyl (C=O) groups is 1. The fraction of sp³-hybridized carbons (Fsp3) is 0.222. The summed E-state index contributed by atoms with van der Waals surface area (Å²) < 4.78 is 32.2. The van der Waals surface area contributed by atoms with Crippen molar-refractivity contribution in [2.45, 2.75) is 22.9 Å². The number of hydrogen-bond donors (Lipinski definition) is 1. The van der Waals surface area contributed by atoms with Crippen LogP contribution in [0.1, 0.15) is 22.3 Å². The first-order valence-corrected chi connectivity index (χ1v) is 11.6. The van der Waals surface area contributed by atoms with Crippen molar-refractivity contribution in [3.8, 4) is 5.75 Å². The minimum absolute atomic E-state index is 0.0315. The Morgan fingerprint density at radius 1 is 1.28 bits per heavy atom. The number of rotatable bonds is 8. The smallest absolute Gasteiger partial charge is 0.341 e. The number of aromatic nitrogens is 2. The standard InChI is InChI=1S/C18H16Cl2N2O5S2/c19-14-9-16(28-17(14)20)29(25,26)10-12-2-3-13(15(23)8-12)18(24)27-7-1-5-22-6-4-21-11-22/h2-4,6,8-9,11,23H,1,5,7,10H2. The number of thiophene rings is 1. The summed E-state index contributed by atoms with van der Waals surface area (Å²) in [4.78, 5) is 16.1. The van der Waals surface area contributed by atoms with E-state index in [1.165, 1.54) is 24.3 Å². The summed E-state index contributed by atoms with van der Waals surface area (Å²) in [6.07, 6.45) is 5.72. The first-order valence-electron chi connectivity index (χ1n) is 8.38. The van der Waals surface area contributed by atoms with Crippen molar-refractivity contribution in [1.82, 2.24) is 9.55 Å². The van der Waals surface area contributed by atoms with Crippen molar-refractivity contribution in [2.24, 2.45) is 0 Å². The molecule has 2 aromatic heterocycles. The highest BCUT2D eigenvalue weighted by Crippen LogP contribution is 2.36. The van der Waals surface area contributed by atoms with Crippen LogP contribution in [0, 0.1) is 0 Å². The van der Waals surface area contributed by atoms with Crippen LogP contribution in [0.2, 0.25) is 9.36 Å². The van der Waals surface area contributed by atoms with Gasteiger partial charge in [-0.2, -0.15) is 0 Å². The number of esters is 1. The lowest BCUT2D eigenvalue weighted by atomic mass is 10.1. The number of carbonyl (C=O) groups excluding carboxylic acids is 1. The van der Waals surface area contributed by atoms with E-state index < -0.39 is 15.8 Å². The number of nitrogens with zero attached hydrogens (tertiary/aromatic N) is 2. The summed E-state index contributed by atoms with van der Waals surface area (Å²) in [7, 11) is -3.69. The highest BCUT2D eigenvalue weighted by molar-refractivity contribution is 7.92. The van der Waals surface area contributed by atoms with Gasteiger partial charge in [0.1, 0.15) is 19.9 Å². The van der Waals surface area contributed by atoms with Gasteiger partial charge in [-0.1, -0.05) is 29.3 Å². The first-order chi connectivity index (χ1) is 13.8. The molecule has 1 aromatic carbocycles. The maximum atomic E-state index is 12.5. The summed E-state index contributed by atoms with van der Waals surface area (Å²) in [5.74, 6) is -1.40. The third-order valence-electron chi connectivity index (χ3n) is 3.92. The van der Waals surface area contributed by atoms with Gasteiger partial charge in [-0.15, -0.1) is 11.3 Å². The van der Waals surface area contributed by atoms with Crippen LogP contribution >= 0.6 is 34.5 Å². The monoisotopic (exact) mass is 474 g/mol. The molecule has 0 amide bonds. The van der Waals surface area contributed by atoms with E-state index in [-0.39, 0.29) is 37.2 Å². The van der Waals surface area contributed by atoms with Crippen LogP contribution in [0.4, 0.5) is 0 Å². The Morgan fingerprint density at radius 2 is 2.07 bits per heavy atom. The lowest BCUT2D eigenvalue weighted by Crippen LogP contribution is -2.09. The van der Waals surface area contributed by atoms with Crippen molar-refractivity contribution >= 4 is 50.3 Å². The number of phenolic OH excluding ortho intramolecular Hbond substituents is 1. The van der Waals surface area contributed by atoms with Crippen LogP contribution in [0.3, 0.4) is 0 Å². The quantitative estimate of drug-likeness (QED) is 0.388. The molecule has 2 heterocycles. The summed E-state index contributed by atoms with van der Waals surface area (Å²) in [6.45, 7) is 0.819. The van der Waals surface area contributed by atoms with Crippen LogP contribution in [0.5, 0.6) is 5.75 Å². The minimum Gasteiger partial charge on any atom is -0.507 e. The van der Waals surface area contributed by atoms with Gasteiger partial charge in [-0.3, -0.25) is 0 Å². The van der Waals surface area contributed by atoms with Gasteiger partial charge in [0.2, 0.25) is 0 Å². The number of ether oxygens (including phenoxy) is 1. The number of aromatic hydroxyl groups is 1. The van der Waals surface area contributed by atoms with Gasteiger partial charge in [0.15, 0.2) is 9.84 Å². The Bertz CT molecular complexity index is 1090. The van der Waals surface area contributed by atoms with Gasteiger partial charge >= 0.3 is 5.97 Å². The molecule has 154 valence electrons. The van der Waals surface area contributed by atoms with E-state index in [0.29, 0.717) is 18.5 Å². The molecule has 0 fully saturated rings. The molecule has 0 bridgehead atoms. The molecule has 1 N–H and O–H groups in total. The predicted molar refractivity (Wildman–Crippen MR) is 110 cm³/mol. The first kappa shape index (κ1) is 21.6. The van der Waals surface area contributed by atoms with Crippen LogP contribution in [0.25, 0.3) is 0 Å². The number of phenols is 1. The molecule has 0 spiro atoms. The second kappa shape index (κ2) is 9.17. The van der Waals surface area contributed by atoms with Crippen molar-refractivity contribution < 1.29 is 23.1 Å². The fourth-order valence-electron chi connectivity index (χ4n) is 2.52. The van der Waals surface area contributed by atoms with Gasteiger partial charge in [0.25, 0.3) is 0 Å². The average Bonchev–Trinajstić information content (AvgIpc) is 3.29. The van der Waals surface area contributed by atoms with E-state index in [9.17, 15) is 18.3 Å². The molecule has 3 rings (SSSR count). The SMILES string of the molecule is O=C(OCCCn1ccnc1)c1ccc(CS(=O)(=O)c2cc(Cl)c(Cl)s2)cc1O. The molecule has 0 aliphatic rings. The number of hydrogen-bond acceptors (Lipinski definition) is 7. The Balaban J connectivity index is 1.61. The van der Waals surface area contributed by atoms with E-state index >= 15 is 0 Å². The van der Waals surface area contributed by atoms with Gasteiger partial charge in [0.05, 0.1) is 23.7 Å². The van der Waals surface area contributed by atoms with E-state index in [1.807, 2.05) is 4.57 Å². The Kier molecular flexibility index (Phi) is 6.84. The summed E-state index contributed by atoms with van der Waals surface area (Å²) in [5, 5.41) is 10.3. The molecule has 11 heteroatoms. The molecule has 3 aromatic rings. The number of benzene rings is 1. The zero-order valence-electron chi connectivity index (χ0n) is 14.9. The Morgan fingerprint density at radius 3 is 2.69 bits per heavy atom. The summed E-state index contributed by atoms with van der Waals surface area (Å²) >= 11 is 12.5.